The minimum atomic E-state index is -0.310. The van der Waals surface area contributed by atoms with Gasteiger partial charge < -0.3 is 10.6 Å². The van der Waals surface area contributed by atoms with Crippen molar-refractivity contribution < 1.29 is 14.0 Å². The van der Waals surface area contributed by atoms with Gasteiger partial charge in [-0.1, -0.05) is 32.0 Å². The van der Waals surface area contributed by atoms with Crippen LogP contribution in [0.15, 0.2) is 42.5 Å². The Morgan fingerprint density at radius 1 is 1.14 bits per heavy atom. The van der Waals surface area contributed by atoms with Gasteiger partial charge in [-0.15, -0.1) is 11.3 Å². The molecule has 146 valence electrons. The van der Waals surface area contributed by atoms with E-state index in [-0.39, 0.29) is 23.5 Å². The molecule has 2 amide bonds. The molecule has 28 heavy (non-hydrogen) atoms. The van der Waals surface area contributed by atoms with Crippen LogP contribution in [0.1, 0.15) is 41.1 Å². The van der Waals surface area contributed by atoms with Crippen LogP contribution < -0.4 is 10.6 Å². The Kier molecular flexibility index (Phi) is 6.09. The predicted octanol–water partition coefficient (Wildman–Crippen LogP) is 5.26. The van der Waals surface area contributed by atoms with Gasteiger partial charge in [0.1, 0.15) is 5.82 Å². The van der Waals surface area contributed by atoms with E-state index in [9.17, 15) is 14.0 Å². The first-order valence-electron chi connectivity index (χ1n) is 9.19. The van der Waals surface area contributed by atoms with Crippen molar-refractivity contribution in [2.24, 2.45) is 5.92 Å². The molecular formula is C22H23FN2O2S. The number of hydrogen-bond acceptors (Lipinski definition) is 3. The third-order valence-electron chi connectivity index (χ3n) is 4.37. The van der Waals surface area contributed by atoms with Crippen LogP contribution in [0.25, 0.3) is 10.1 Å². The topological polar surface area (TPSA) is 58.2 Å². The molecule has 0 radical (unpaired) electrons. The van der Waals surface area contributed by atoms with Crippen molar-refractivity contribution in [1.29, 1.82) is 0 Å². The molecule has 0 aliphatic heterocycles. The smallest absolute Gasteiger partial charge is 0.261 e. The number of carbonyl (C=O) groups excluding carboxylic acids is 2. The second-order valence-electron chi connectivity index (χ2n) is 7.20. The molecule has 0 fully saturated rings. The van der Waals surface area contributed by atoms with Crippen LogP contribution >= 0.6 is 11.3 Å². The zero-order valence-corrected chi connectivity index (χ0v) is 17.0. The van der Waals surface area contributed by atoms with Gasteiger partial charge in [-0.25, -0.2) is 4.39 Å². The summed E-state index contributed by atoms with van der Waals surface area (Å²) in [6.45, 7) is 6.07. The van der Waals surface area contributed by atoms with Gasteiger partial charge in [0, 0.05) is 28.7 Å². The Hall–Kier alpha value is -2.73. The Balaban J connectivity index is 1.68. The highest BCUT2D eigenvalue weighted by molar-refractivity contribution is 7.21. The summed E-state index contributed by atoms with van der Waals surface area (Å²) >= 11 is 1.29. The third kappa shape index (κ3) is 4.57. The summed E-state index contributed by atoms with van der Waals surface area (Å²) in [5, 5.41) is 6.27. The van der Waals surface area contributed by atoms with E-state index < -0.39 is 0 Å². The highest BCUT2D eigenvalue weighted by Gasteiger charge is 2.17. The second-order valence-corrected chi connectivity index (χ2v) is 8.25. The van der Waals surface area contributed by atoms with Crippen molar-refractivity contribution in [1.82, 2.24) is 5.32 Å². The van der Waals surface area contributed by atoms with E-state index >= 15 is 0 Å². The molecule has 0 unspecified atom stereocenters. The first kappa shape index (κ1) is 20.0. The largest absolute Gasteiger partial charge is 0.347 e. The Morgan fingerprint density at radius 3 is 2.61 bits per heavy atom. The van der Waals surface area contributed by atoms with E-state index in [4.69, 9.17) is 0 Å². The van der Waals surface area contributed by atoms with Gasteiger partial charge in [0.05, 0.1) is 4.88 Å². The van der Waals surface area contributed by atoms with E-state index in [0.717, 1.165) is 10.3 Å². The number of nitrogens with one attached hydrogen (secondary N) is 2. The van der Waals surface area contributed by atoms with Crippen molar-refractivity contribution in [2.45, 2.75) is 33.7 Å². The normalized spacial score (nSPS) is 11.0. The molecule has 0 aliphatic carbocycles. The molecule has 0 atom stereocenters. The van der Waals surface area contributed by atoms with Crippen LogP contribution in [0.5, 0.6) is 0 Å². The number of fused-ring (bicyclic) bond motifs is 1. The van der Waals surface area contributed by atoms with Gasteiger partial charge in [-0.3, -0.25) is 9.59 Å². The quantitative estimate of drug-likeness (QED) is 0.595. The Labute approximate surface area is 167 Å². The van der Waals surface area contributed by atoms with Gasteiger partial charge >= 0.3 is 0 Å². The maximum absolute atomic E-state index is 14.0. The fraction of sp³-hybridized carbons (Fsp3) is 0.273. The average Bonchev–Trinajstić information content (AvgIpc) is 2.97. The molecule has 6 heteroatoms. The number of amides is 2. The van der Waals surface area contributed by atoms with Crippen LogP contribution in [0.2, 0.25) is 0 Å². The monoisotopic (exact) mass is 398 g/mol. The fourth-order valence-corrected chi connectivity index (χ4v) is 4.21. The molecule has 0 saturated carbocycles. The Bertz CT molecular complexity index is 1030. The van der Waals surface area contributed by atoms with Crippen molar-refractivity contribution in [3.63, 3.8) is 0 Å². The lowest BCUT2D eigenvalue weighted by Crippen LogP contribution is -2.22. The minimum Gasteiger partial charge on any atom is -0.347 e. The van der Waals surface area contributed by atoms with E-state index in [1.807, 2.05) is 44.2 Å². The lowest BCUT2D eigenvalue weighted by Gasteiger charge is -2.09. The maximum atomic E-state index is 14.0. The first-order valence-corrected chi connectivity index (χ1v) is 10.0. The molecule has 2 N–H and O–H groups in total. The first-order chi connectivity index (χ1) is 13.3. The highest BCUT2D eigenvalue weighted by Crippen LogP contribution is 2.32. The molecule has 1 heterocycles. The molecule has 2 aromatic carbocycles. The molecule has 1 aromatic heterocycles. The molecular weight excluding hydrogens is 375 g/mol. The maximum Gasteiger partial charge on any atom is 0.261 e. The summed E-state index contributed by atoms with van der Waals surface area (Å²) < 4.78 is 14.8. The van der Waals surface area contributed by atoms with E-state index in [2.05, 4.69) is 10.6 Å². The zero-order valence-electron chi connectivity index (χ0n) is 16.1. The van der Waals surface area contributed by atoms with Crippen LogP contribution in [0.3, 0.4) is 0 Å². The number of carbonyl (C=O) groups is 2. The van der Waals surface area contributed by atoms with Crippen LogP contribution in [-0.2, 0) is 11.3 Å². The van der Waals surface area contributed by atoms with Crippen molar-refractivity contribution in [2.75, 3.05) is 5.32 Å². The standard InChI is InChI=1S/C22H23FN2O2S/c1-13(2)10-19(26)25-16-7-4-6-15(11-16)12-24-22(27)21-14(3)20-17(23)8-5-9-18(20)28-21/h4-9,11,13H,10,12H2,1-3H3,(H,24,27)(H,25,26). The van der Waals surface area contributed by atoms with Crippen LogP contribution in [0, 0.1) is 18.7 Å². The molecule has 0 spiro atoms. The number of anilines is 1. The molecule has 0 aliphatic rings. The zero-order chi connectivity index (χ0) is 20.3. The summed E-state index contributed by atoms with van der Waals surface area (Å²) in [5.41, 5.74) is 2.24. The minimum absolute atomic E-state index is 0.0286. The summed E-state index contributed by atoms with van der Waals surface area (Å²) in [4.78, 5) is 25.1. The predicted molar refractivity (Wildman–Crippen MR) is 112 cm³/mol. The molecule has 0 saturated heterocycles. The fourth-order valence-electron chi connectivity index (χ4n) is 3.07. The second kappa shape index (κ2) is 8.52. The molecule has 4 nitrogen and oxygen atoms in total. The van der Waals surface area contributed by atoms with Gasteiger partial charge in [0.2, 0.25) is 5.91 Å². The highest BCUT2D eigenvalue weighted by atomic mass is 32.1. The van der Waals surface area contributed by atoms with E-state index in [0.29, 0.717) is 34.5 Å². The Morgan fingerprint density at radius 2 is 1.89 bits per heavy atom. The molecule has 0 bridgehead atoms. The number of thiophene rings is 1. The van der Waals surface area contributed by atoms with Crippen molar-refractivity contribution >= 4 is 38.9 Å². The summed E-state index contributed by atoms with van der Waals surface area (Å²) in [6, 6.07) is 12.3. The van der Waals surface area contributed by atoms with Gasteiger partial charge in [-0.05, 0) is 48.2 Å². The van der Waals surface area contributed by atoms with Crippen LogP contribution in [-0.4, -0.2) is 11.8 Å². The summed E-state index contributed by atoms with van der Waals surface area (Å²) in [5.74, 6) is -0.279. The average molecular weight is 399 g/mol. The molecule has 3 rings (SSSR count). The van der Waals surface area contributed by atoms with Gasteiger partial charge in [0.25, 0.3) is 5.91 Å². The van der Waals surface area contributed by atoms with Crippen LogP contribution in [0.4, 0.5) is 10.1 Å². The van der Waals surface area contributed by atoms with Gasteiger partial charge in [0.15, 0.2) is 0 Å². The van der Waals surface area contributed by atoms with E-state index in [1.165, 1.54) is 17.4 Å². The summed E-state index contributed by atoms with van der Waals surface area (Å²) in [7, 11) is 0. The number of aryl methyl sites for hydroxylation is 1. The summed E-state index contributed by atoms with van der Waals surface area (Å²) in [6.07, 6.45) is 0.461. The molecule has 3 aromatic rings. The van der Waals surface area contributed by atoms with E-state index in [1.54, 1.807) is 13.0 Å². The third-order valence-corrected chi connectivity index (χ3v) is 5.62. The lowest BCUT2D eigenvalue weighted by atomic mass is 10.1. The SMILES string of the molecule is Cc1c(C(=O)NCc2cccc(NC(=O)CC(C)C)c2)sc2cccc(F)c12. The number of hydrogen-bond donors (Lipinski definition) is 2. The van der Waals surface area contributed by atoms with Gasteiger partial charge in [-0.2, -0.15) is 0 Å². The number of benzene rings is 2. The number of rotatable bonds is 6. The van der Waals surface area contributed by atoms with Crippen molar-refractivity contribution in [3.8, 4) is 0 Å². The van der Waals surface area contributed by atoms with Crippen molar-refractivity contribution in [3.05, 3.63) is 64.3 Å². The number of halogens is 1. The lowest BCUT2D eigenvalue weighted by molar-refractivity contribution is -0.116.